The highest BCUT2D eigenvalue weighted by molar-refractivity contribution is 7.08. The van der Waals surface area contributed by atoms with E-state index in [0.717, 1.165) is 0 Å². The first-order valence-electron chi connectivity index (χ1n) is 7.11. The van der Waals surface area contributed by atoms with Gasteiger partial charge in [-0.1, -0.05) is 59.8 Å². The normalized spacial score (nSPS) is 12.0. The summed E-state index contributed by atoms with van der Waals surface area (Å²) < 4.78 is 0. The highest BCUT2D eigenvalue weighted by atomic mass is 32.1. The zero-order valence-electron chi connectivity index (χ0n) is 12.0. The van der Waals surface area contributed by atoms with Crippen molar-refractivity contribution in [2.45, 2.75) is 78.1 Å². The van der Waals surface area contributed by atoms with Crippen molar-refractivity contribution in [3.05, 3.63) is 21.9 Å². The van der Waals surface area contributed by atoms with Crippen LogP contribution in [0.4, 0.5) is 0 Å². The summed E-state index contributed by atoms with van der Waals surface area (Å²) >= 11 is 1.87. The summed E-state index contributed by atoms with van der Waals surface area (Å²) in [4.78, 5) is 0. The van der Waals surface area contributed by atoms with Gasteiger partial charge in [-0.25, -0.2) is 0 Å². The topological polar surface area (TPSA) is 0 Å². The number of rotatable bonds is 7. The molecule has 0 radical (unpaired) electrons. The van der Waals surface area contributed by atoms with Crippen molar-refractivity contribution in [1.29, 1.82) is 0 Å². The Morgan fingerprint density at radius 2 is 1.59 bits per heavy atom. The average molecular weight is 252 g/mol. The van der Waals surface area contributed by atoms with Gasteiger partial charge in [0, 0.05) is 0 Å². The van der Waals surface area contributed by atoms with Gasteiger partial charge < -0.3 is 0 Å². The molecule has 1 rings (SSSR count). The van der Waals surface area contributed by atoms with Crippen molar-refractivity contribution in [3.8, 4) is 0 Å². The molecule has 0 nitrogen and oxygen atoms in total. The molecule has 98 valence electrons. The first-order valence-corrected chi connectivity index (χ1v) is 8.05. The SMILES string of the molecule is CCCCCCCCc1cscc1C(C)(C)C. The van der Waals surface area contributed by atoms with Crippen LogP contribution in [0.5, 0.6) is 0 Å². The largest absolute Gasteiger partial charge is 0.152 e. The fourth-order valence-electron chi connectivity index (χ4n) is 2.27. The molecule has 0 saturated heterocycles. The fraction of sp³-hybridized carbons (Fsp3) is 0.750. The summed E-state index contributed by atoms with van der Waals surface area (Å²) in [5.74, 6) is 0. The van der Waals surface area contributed by atoms with E-state index in [2.05, 4.69) is 38.5 Å². The lowest BCUT2D eigenvalue weighted by Gasteiger charge is -2.19. The van der Waals surface area contributed by atoms with Crippen molar-refractivity contribution in [2.24, 2.45) is 0 Å². The van der Waals surface area contributed by atoms with Crippen LogP contribution < -0.4 is 0 Å². The maximum atomic E-state index is 2.35. The van der Waals surface area contributed by atoms with E-state index < -0.39 is 0 Å². The Morgan fingerprint density at radius 1 is 0.941 bits per heavy atom. The Morgan fingerprint density at radius 3 is 2.24 bits per heavy atom. The molecule has 0 amide bonds. The van der Waals surface area contributed by atoms with E-state index in [1.54, 1.807) is 11.1 Å². The molecule has 0 aromatic carbocycles. The summed E-state index contributed by atoms with van der Waals surface area (Å²) in [6.45, 7) is 9.24. The lowest BCUT2D eigenvalue weighted by molar-refractivity contribution is 0.574. The van der Waals surface area contributed by atoms with Gasteiger partial charge in [-0.05, 0) is 40.1 Å². The maximum absolute atomic E-state index is 2.35. The van der Waals surface area contributed by atoms with Gasteiger partial charge in [0.25, 0.3) is 0 Å². The summed E-state index contributed by atoms with van der Waals surface area (Å²) in [6.07, 6.45) is 9.64. The minimum Gasteiger partial charge on any atom is -0.152 e. The Balaban J connectivity index is 2.30. The first-order chi connectivity index (χ1) is 8.05. The molecule has 0 aliphatic rings. The van der Waals surface area contributed by atoms with Gasteiger partial charge in [0.2, 0.25) is 0 Å². The van der Waals surface area contributed by atoms with Gasteiger partial charge in [-0.2, -0.15) is 11.3 Å². The van der Waals surface area contributed by atoms with Crippen LogP contribution in [0.15, 0.2) is 10.8 Å². The predicted octanol–water partition coefficient (Wildman–Crippen LogP) is 5.95. The molecule has 0 bridgehead atoms. The molecule has 0 aliphatic carbocycles. The minimum atomic E-state index is 0.317. The van der Waals surface area contributed by atoms with Crippen molar-refractivity contribution in [1.82, 2.24) is 0 Å². The highest BCUT2D eigenvalue weighted by Gasteiger charge is 2.18. The van der Waals surface area contributed by atoms with Gasteiger partial charge in [0.1, 0.15) is 0 Å². The highest BCUT2D eigenvalue weighted by Crippen LogP contribution is 2.30. The third-order valence-electron chi connectivity index (χ3n) is 3.35. The predicted molar refractivity (Wildman–Crippen MR) is 80.1 cm³/mol. The minimum absolute atomic E-state index is 0.317. The molecule has 0 unspecified atom stereocenters. The van der Waals surface area contributed by atoms with E-state index in [-0.39, 0.29) is 0 Å². The molecule has 0 saturated carbocycles. The summed E-state index contributed by atoms with van der Waals surface area (Å²) in [6, 6.07) is 0. The average Bonchev–Trinajstić information content (AvgIpc) is 2.71. The van der Waals surface area contributed by atoms with Gasteiger partial charge in [0.05, 0.1) is 0 Å². The second-order valence-corrected chi connectivity index (χ2v) is 6.82. The number of hydrogen-bond donors (Lipinski definition) is 0. The van der Waals surface area contributed by atoms with Gasteiger partial charge in [-0.15, -0.1) is 0 Å². The van der Waals surface area contributed by atoms with Crippen LogP contribution in [0.1, 0.15) is 77.3 Å². The van der Waals surface area contributed by atoms with Gasteiger partial charge in [-0.3, -0.25) is 0 Å². The van der Waals surface area contributed by atoms with E-state index in [9.17, 15) is 0 Å². The molecule has 0 aliphatic heterocycles. The Labute approximate surface area is 111 Å². The lowest BCUT2D eigenvalue weighted by atomic mass is 9.85. The summed E-state index contributed by atoms with van der Waals surface area (Å²) in [5, 5.41) is 4.69. The van der Waals surface area contributed by atoms with E-state index in [4.69, 9.17) is 0 Å². The van der Waals surface area contributed by atoms with Crippen LogP contribution in [0.2, 0.25) is 0 Å². The van der Waals surface area contributed by atoms with Gasteiger partial charge >= 0.3 is 0 Å². The van der Waals surface area contributed by atoms with Crippen molar-refractivity contribution in [3.63, 3.8) is 0 Å². The maximum Gasteiger partial charge on any atom is -0.00531 e. The van der Waals surface area contributed by atoms with E-state index in [1.807, 2.05) is 11.3 Å². The third kappa shape index (κ3) is 5.25. The second-order valence-electron chi connectivity index (χ2n) is 6.08. The number of aryl methyl sites for hydroxylation is 1. The zero-order valence-corrected chi connectivity index (χ0v) is 12.8. The lowest BCUT2D eigenvalue weighted by Crippen LogP contribution is -2.12. The third-order valence-corrected chi connectivity index (χ3v) is 4.14. The Bertz CT molecular complexity index is 304. The monoisotopic (exact) mass is 252 g/mol. The molecule has 0 fully saturated rings. The Kier molecular flexibility index (Phi) is 6.26. The fourth-order valence-corrected chi connectivity index (χ4v) is 3.39. The number of hydrogen-bond acceptors (Lipinski definition) is 1. The van der Waals surface area contributed by atoms with Crippen molar-refractivity contribution < 1.29 is 0 Å². The molecule has 1 aromatic heterocycles. The summed E-state index contributed by atoms with van der Waals surface area (Å²) in [5.41, 5.74) is 3.48. The molecular weight excluding hydrogens is 224 g/mol. The smallest absolute Gasteiger partial charge is 0.00531 e. The van der Waals surface area contributed by atoms with Gasteiger partial charge in [0.15, 0.2) is 0 Å². The molecule has 0 atom stereocenters. The Hall–Kier alpha value is -0.300. The van der Waals surface area contributed by atoms with E-state index in [1.165, 1.54) is 44.9 Å². The standard InChI is InChI=1S/C16H28S/c1-5-6-7-8-9-10-11-14-12-17-13-15(14)16(2,3)4/h12-13H,5-11H2,1-4H3. The second kappa shape index (κ2) is 7.20. The molecule has 0 spiro atoms. The molecule has 0 N–H and O–H groups in total. The number of unbranched alkanes of at least 4 members (excludes halogenated alkanes) is 5. The van der Waals surface area contributed by atoms with E-state index >= 15 is 0 Å². The van der Waals surface area contributed by atoms with Crippen LogP contribution >= 0.6 is 11.3 Å². The molecule has 1 aromatic rings. The quantitative estimate of drug-likeness (QED) is 0.526. The van der Waals surface area contributed by atoms with Crippen LogP contribution in [0, 0.1) is 0 Å². The summed E-state index contributed by atoms with van der Waals surface area (Å²) in [7, 11) is 0. The van der Waals surface area contributed by atoms with Crippen LogP contribution in [0.25, 0.3) is 0 Å². The van der Waals surface area contributed by atoms with Crippen molar-refractivity contribution >= 4 is 11.3 Å². The zero-order chi connectivity index (χ0) is 12.7. The van der Waals surface area contributed by atoms with Crippen molar-refractivity contribution in [2.75, 3.05) is 0 Å². The van der Waals surface area contributed by atoms with Crippen LogP contribution in [0.3, 0.4) is 0 Å². The molecular formula is C16H28S. The molecule has 1 heterocycles. The van der Waals surface area contributed by atoms with Crippen LogP contribution in [-0.4, -0.2) is 0 Å². The first kappa shape index (κ1) is 14.8. The molecule has 1 heteroatoms. The number of thiophene rings is 1. The van der Waals surface area contributed by atoms with E-state index in [0.29, 0.717) is 5.41 Å². The van der Waals surface area contributed by atoms with Crippen LogP contribution in [-0.2, 0) is 11.8 Å². The molecule has 17 heavy (non-hydrogen) atoms.